The fourth-order valence-corrected chi connectivity index (χ4v) is 5.25. The van der Waals surface area contributed by atoms with Gasteiger partial charge in [0.1, 0.15) is 17.4 Å². The van der Waals surface area contributed by atoms with E-state index < -0.39 is 29.4 Å². The number of fused-ring (bicyclic) bond motifs is 1. The molecule has 0 bridgehead atoms. The maximum Gasteiger partial charge on any atom is 0.305 e. The summed E-state index contributed by atoms with van der Waals surface area (Å²) in [7, 11) is 2.81. The van der Waals surface area contributed by atoms with E-state index in [1.54, 1.807) is 18.2 Å². The number of carbonyl (C=O) groups excluding carboxylic acids is 1. The molecule has 2 aromatic carbocycles. The number of piperidine rings is 1. The molecular weight excluding hydrogens is 528 g/mol. The first-order valence-corrected chi connectivity index (χ1v) is 12.9. The smallest absolute Gasteiger partial charge is 0.305 e. The molecule has 0 spiro atoms. The van der Waals surface area contributed by atoms with Gasteiger partial charge in [0.05, 0.1) is 44.1 Å². The predicted octanol–water partition coefficient (Wildman–Crippen LogP) is 5.17. The lowest BCUT2D eigenvalue weighted by atomic mass is 9.79. The number of benzene rings is 2. The van der Waals surface area contributed by atoms with Crippen LogP contribution < -0.4 is 4.74 Å². The molecule has 212 valence electrons. The van der Waals surface area contributed by atoms with Gasteiger partial charge in [-0.15, -0.1) is 0 Å². The van der Waals surface area contributed by atoms with Crippen LogP contribution in [-0.4, -0.2) is 54.8 Å². The lowest BCUT2D eigenvalue weighted by Crippen LogP contribution is -2.41. The maximum absolute atomic E-state index is 14.8. The van der Waals surface area contributed by atoms with E-state index in [2.05, 4.69) is 16.8 Å². The summed E-state index contributed by atoms with van der Waals surface area (Å²) < 4.78 is 65.7. The Kier molecular flexibility index (Phi) is 9.61. The van der Waals surface area contributed by atoms with Gasteiger partial charge >= 0.3 is 5.97 Å². The molecule has 3 atom stereocenters. The first kappa shape index (κ1) is 29.3. The average molecular weight is 559 g/mol. The molecule has 1 N–H and O–H groups in total. The minimum absolute atomic E-state index is 0.0402. The second kappa shape index (κ2) is 13.1. The first-order chi connectivity index (χ1) is 19.2. The monoisotopic (exact) mass is 558 g/mol. The van der Waals surface area contributed by atoms with Gasteiger partial charge in [0.2, 0.25) is 0 Å². The number of nitrogens with zero attached hydrogens (tertiary/aromatic N) is 2. The van der Waals surface area contributed by atoms with Crippen LogP contribution >= 0.6 is 0 Å². The number of rotatable bonds is 8. The molecule has 1 saturated heterocycles. The molecule has 3 unspecified atom stereocenters. The van der Waals surface area contributed by atoms with Crippen molar-refractivity contribution >= 4 is 16.9 Å². The van der Waals surface area contributed by atoms with Gasteiger partial charge in [0.25, 0.3) is 0 Å². The Hall–Kier alpha value is -3.68. The summed E-state index contributed by atoms with van der Waals surface area (Å²) in [6.45, 7) is 1.30. The lowest BCUT2D eigenvalue weighted by molar-refractivity contribution is -0.142. The van der Waals surface area contributed by atoms with Crippen LogP contribution in [0.1, 0.15) is 42.9 Å². The Morgan fingerprint density at radius 3 is 2.70 bits per heavy atom. The van der Waals surface area contributed by atoms with E-state index in [9.17, 15) is 27.5 Å². The summed E-state index contributed by atoms with van der Waals surface area (Å²) in [6, 6.07) is 6.36. The van der Waals surface area contributed by atoms with E-state index in [4.69, 9.17) is 9.47 Å². The zero-order chi connectivity index (χ0) is 28.8. The number of hydrogen-bond acceptors (Lipinski definition) is 6. The molecule has 40 heavy (non-hydrogen) atoms. The van der Waals surface area contributed by atoms with Crippen molar-refractivity contribution in [2.24, 2.45) is 11.8 Å². The predicted molar refractivity (Wildman–Crippen MR) is 140 cm³/mol. The SMILES string of the molecule is COC(=O)CC1CN(CC#Cc2cc(F)cc(F)c2F)CCC1CCC(O)c1c(F)cnc2ccc(OC)cc12. The number of pyridine rings is 1. The number of esters is 1. The normalized spacial score (nSPS) is 18.2. The fourth-order valence-electron chi connectivity index (χ4n) is 5.25. The highest BCUT2D eigenvalue weighted by Crippen LogP contribution is 2.35. The topological polar surface area (TPSA) is 71.9 Å². The van der Waals surface area contributed by atoms with Crippen molar-refractivity contribution in [1.29, 1.82) is 0 Å². The standard InChI is InChI=1S/C30H30F4N2O4/c1-39-22-6-7-26-23(15-22)29(25(33)16-35-26)27(37)8-5-18-9-11-36(17-20(18)13-28(38)40-2)10-3-4-19-12-21(31)14-24(32)30(19)34/h6-7,12,14-16,18,20,27,37H,5,8-11,13,17H2,1-2H3. The van der Waals surface area contributed by atoms with E-state index in [1.165, 1.54) is 14.2 Å². The molecule has 2 heterocycles. The Labute approximate surface area is 229 Å². The third-order valence-electron chi connectivity index (χ3n) is 7.36. The Bertz CT molecular complexity index is 1440. The quantitative estimate of drug-likeness (QED) is 0.178. The number of ether oxygens (including phenoxy) is 2. The summed E-state index contributed by atoms with van der Waals surface area (Å²) in [5, 5.41) is 11.5. The van der Waals surface area contributed by atoms with Gasteiger partial charge in [-0.2, -0.15) is 0 Å². The highest BCUT2D eigenvalue weighted by atomic mass is 19.2. The Morgan fingerprint density at radius 1 is 1.15 bits per heavy atom. The van der Waals surface area contributed by atoms with Gasteiger partial charge in [0, 0.05) is 30.0 Å². The van der Waals surface area contributed by atoms with Crippen LogP contribution in [0.4, 0.5) is 17.6 Å². The molecule has 6 nitrogen and oxygen atoms in total. The zero-order valence-electron chi connectivity index (χ0n) is 22.2. The number of hydrogen-bond donors (Lipinski definition) is 1. The number of aliphatic hydroxyl groups is 1. The van der Waals surface area contributed by atoms with Crippen LogP contribution in [0.2, 0.25) is 0 Å². The third-order valence-corrected chi connectivity index (χ3v) is 7.36. The molecule has 0 aliphatic carbocycles. The molecule has 0 amide bonds. The van der Waals surface area contributed by atoms with Gasteiger partial charge in [-0.25, -0.2) is 17.6 Å². The van der Waals surface area contributed by atoms with Crippen LogP contribution in [0.15, 0.2) is 36.5 Å². The van der Waals surface area contributed by atoms with E-state index >= 15 is 0 Å². The van der Waals surface area contributed by atoms with Crippen molar-refractivity contribution in [3.05, 3.63) is 70.9 Å². The number of aliphatic hydroxyl groups excluding tert-OH is 1. The average Bonchev–Trinajstić information content (AvgIpc) is 2.94. The minimum atomic E-state index is -1.30. The van der Waals surface area contributed by atoms with Crippen molar-refractivity contribution in [3.63, 3.8) is 0 Å². The van der Waals surface area contributed by atoms with Gasteiger partial charge in [0.15, 0.2) is 11.6 Å². The highest BCUT2D eigenvalue weighted by Gasteiger charge is 2.32. The van der Waals surface area contributed by atoms with Gasteiger partial charge < -0.3 is 14.6 Å². The molecule has 10 heteroatoms. The molecule has 4 rings (SSSR count). The number of halogens is 4. The molecule has 1 fully saturated rings. The summed E-state index contributed by atoms with van der Waals surface area (Å²) in [5.41, 5.74) is 0.332. The van der Waals surface area contributed by atoms with E-state index in [-0.39, 0.29) is 48.3 Å². The molecule has 1 aliphatic heterocycles. The lowest BCUT2D eigenvalue weighted by Gasteiger charge is -2.38. The highest BCUT2D eigenvalue weighted by molar-refractivity contribution is 5.84. The van der Waals surface area contributed by atoms with Crippen molar-refractivity contribution < 1.29 is 36.9 Å². The summed E-state index contributed by atoms with van der Waals surface area (Å²) in [5.74, 6) is 1.28. The zero-order valence-corrected chi connectivity index (χ0v) is 22.2. The van der Waals surface area contributed by atoms with E-state index in [0.29, 0.717) is 48.6 Å². The van der Waals surface area contributed by atoms with E-state index in [1.807, 2.05) is 4.90 Å². The number of methoxy groups -OCH3 is 2. The number of carbonyl (C=O) groups is 1. The van der Waals surface area contributed by atoms with E-state index in [0.717, 1.165) is 12.3 Å². The number of aromatic nitrogens is 1. The molecule has 0 saturated carbocycles. The van der Waals surface area contributed by atoms with Crippen molar-refractivity contribution in [2.45, 2.75) is 31.8 Å². The van der Waals surface area contributed by atoms with Crippen LogP contribution in [0, 0.1) is 46.9 Å². The van der Waals surface area contributed by atoms with Gasteiger partial charge in [-0.3, -0.25) is 14.7 Å². The Balaban J connectivity index is 1.44. The van der Waals surface area contributed by atoms with Crippen LogP contribution in [0.25, 0.3) is 10.9 Å². The van der Waals surface area contributed by atoms with Crippen LogP contribution in [0.3, 0.4) is 0 Å². The summed E-state index contributed by atoms with van der Waals surface area (Å²) >= 11 is 0. The van der Waals surface area contributed by atoms with Crippen molar-refractivity contribution in [1.82, 2.24) is 9.88 Å². The third kappa shape index (κ3) is 6.90. The first-order valence-electron chi connectivity index (χ1n) is 12.9. The second-order valence-corrected chi connectivity index (χ2v) is 9.87. The molecule has 1 aromatic heterocycles. The molecule has 1 aliphatic rings. The molecular formula is C30H30F4N2O4. The van der Waals surface area contributed by atoms with Gasteiger partial charge in [-0.1, -0.05) is 11.8 Å². The Morgan fingerprint density at radius 2 is 1.95 bits per heavy atom. The van der Waals surface area contributed by atoms with Crippen LogP contribution in [-0.2, 0) is 9.53 Å². The largest absolute Gasteiger partial charge is 0.497 e. The second-order valence-electron chi connectivity index (χ2n) is 9.87. The van der Waals surface area contributed by atoms with Crippen LogP contribution in [0.5, 0.6) is 5.75 Å². The summed E-state index contributed by atoms with van der Waals surface area (Å²) in [6.07, 6.45) is 1.61. The van der Waals surface area contributed by atoms with Gasteiger partial charge in [-0.05, 0) is 61.9 Å². The maximum atomic E-state index is 14.8. The molecule has 0 radical (unpaired) electrons. The molecule has 3 aromatic rings. The summed E-state index contributed by atoms with van der Waals surface area (Å²) in [4.78, 5) is 18.2. The van der Waals surface area contributed by atoms with Crippen molar-refractivity contribution in [3.8, 4) is 17.6 Å². The fraction of sp³-hybridized carbons (Fsp3) is 0.400. The van der Waals surface area contributed by atoms with Crippen molar-refractivity contribution in [2.75, 3.05) is 33.9 Å². The number of likely N-dealkylation sites (tertiary alicyclic amines) is 1. The minimum Gasteiger partial charge on any atom is -0.497 e.